The van der Waals surface area contributed by atoms with E-state index in [0.717, 1.165) is 37.1 Å². The van der Waals surface area contributed by atoms with E-state index < -0.39 is 0 Å². The van der Waals surface area contributed by atoms with Gasteiger partial charge in [-0.05, 0) is 69.3 Å². The maximum atomic E-state index is 5.72. The molecule has 2 fully saturated rings. The number of aryl methyl sites for hydroxylation is 1. The van der Waals surface area contributed by atoms with Gasteiger partial charge in [0.05, 0.1) is 6.54 Å². The predicted octanol–water partition coefficient (Wildman–Crippen LogP) is 3.26. The molecule has 2 aliphatic rings. The summed E-state index contributed by atoms with van der Waals surface area (Å²) in [6.45, 7) is 7.50. The third-order valence-corrected chi connectivity index (χ3v) is 5.75. The summed E-state index contributed by atoms with van der Waals surface area (Å²) in [5.41, 5.74) is 0.529. The highest BCUT2D eigenvalue weighted by molar-refractivity contribution is 5.29. The summed E-state index contributed by atoms with van der Waals surface area (Å²) < 4.78 is 5.72. The molecule has 4 heterocycles. The van der Waals surface area contributed by atoms with Crippen LogP contribution in [0.4, 0.5) is 5.95 Å². The number of nitrogens with zero attached hydrogens (tertiary/aromatic N) is 4. The predicted molar refractivity (Wildman–Crippen MR) is 93.9 cm³/mol. The fourth-order valence-electron chi connectivity index (χ4n) is 4.11. The van der Waals surface area contributed by atoms with Crippen LogP contribution >= 0.6 is 0 Å². The summed E-state index contributed by atoms with van der Waals surface area (Å²) in [5.74, 6) is 2.99. The van der Waals surface area contributed by atoms with Crippen molar-refractivity contribution in [2.45, 2.75) is 39.2 Å². The molecule has 5 nitrogen and oxygen atoms in total. The van der Waals surface area contributed by atoms with Crippen LogP contribution in [0.15, 0.2) is 35.0 Å². The lowest BCUT2D eigenvalue weighted by Crippen LogP contribution is -2.47. The highest BCUT2D eigenvalue weighted by Crippen LogP contribution is 2.41. The van der Waals surface area contributed by atoms with E-state index in [1.807, 2.05) is 25.4 Å². The molecule has 0 atom stereocenters. The number of piperidine rings is 2. The van der Waals surface area contributed by atoms with Crippen molar-refractivity contribution in [2.75, 3.05) is 31.1 Å². The van der Waals surface area contributed by atoms with Gasteiger partial charge in [-0.25, -0.2) is 9.97 Å². The maximum absolute atomic E-state index is 5.72. The lowest BCUT2D eigenvalue weighted by Gasteiger charge is -2.46. The molecular formula is C19H26N4O. The standard InChI is InChI=1S/C19H26N4O/c1-16-3-4-17(24-16)15-22-11-5-19(6-12-22)7-13-23(14-8-19)18-20-9-2-10-21-18/h2-4,9-10H,5-8,11-15H2,1H3. The minimum absolute atomic E-state index is 0.529. The molecule has 0 N–H and O–H groups in total. The molecule has 0 unspecified atom stereocenters. The second kappa shape index (κ2) is 6.55. The molecule has 0 aromatic carbocycles. The Kier molecular flexibility index (Phi) is 4.27. The van der Waals surface area contributed by atoms with E-state index in [4.69, 9.17) is 4.42 Å². The molecule has 5 heteroatoms. The first-order valence-corrected chi connectivity index (χ1v) is 9.02. The number of hydrogen-bond acceptors (Lipinski definition) is 5. The molecule has 0 saturated carbocycles. The fraction of sp³-hybridized carbons (Fsp3) is 0.579. The minimum atomic E-state index is 0.529. The van der Waals surface area contributed by atoms with Gasteiger partial charge in [0.2, 0.25) is 5.95 Å². The number of furan rings is 1. The Hall–Kier alpha value is -1.88. The number of hydrogen-bond donors (Lipinski definition) is 0. The largest absolute Gasteiger partial charge is 0.465 e. The molecule has 2 aliphatic heterocycles. The van der Waals surface area contributed by atoms with Crippen molar-refractivity contribution in [1.82, 2.24) is 14.9 Å². The molecule has 1 spiro atoms. The quantitative estimate of drug-likeness (QED) is 0.866. The molecule has 0 aliphatic carbocycles. The van der Waals surface area contributed by atoms with Crippen LogP contribution in [0.5, 0.6) is 0 Å². The summed E-state index contributed by atoms with van der Waals surface area (Å²) >= 11 is 0. The third-order valence-electron chi connectivity index (χ3n) is 5.75. The second-order valence-corrected chi connectivity index (χ2v) is 7.32. The van der Waals surface area contributed by atoms with Crippen molar-refractivity contribution in [1.29, 1.82) is 0 Å². The van der Waals surface area contributed by atoms with Crippen molar-refractivity contribution in [3.8, 4) is 0 Å². The first kappa shape index (κ1) is 15.6. The molecule has 0 amide bonds. The Balaban J connectivity index is 1.30. The normalized spacial score (nSPS) is 21.3. The van der Waals surface area contributed by atoms with E-state index in [1.54, 1.807) is 0 Å². The lowest BCUT2D eigenvalue weighted by molar-refractivity contribution is 0.0716. The molecule has 2 saturated heterocycles. The molecule has 24 heavy (non-hydrogen) atoms. The van der Waals surface area contributed by atoms with E-state index in [1.165, 1.54) is 38.8 Å². The molecule has 128 valence electrons. The lowest BCUT2D eigenvalue weighted by atomic mass is 9.71. The van der Waals surface area contributed by atoms with Gasteiger partial charge in [0, 0.05) is 25.5 Å². The Morgan fingerprint density at radius 2 is 1.67 bits per heavy atom. The van der Waals surface area contributed by atoms with Gasteiger partial charge in [-0.15, -0.1) is 0 Å². The molecule has 2 aromatic rings. The van der Waals surface area contributed by atoms with Gasteiger partial charge in [-0.2, -0.15) is 0 Å². The van der Waals surface area contributed by atoms with E-state index in [2.05, 4.69) is 31.9 Å². The second-order valence-electron chi connectivity index (χ2n) is 7.32. The van der Waals surface area contributed by atoms with E-state index in [0.29, 0.717) is 5.41 Å². The van der Waals surface area contributed by atoms with Gasteiger partial charge >= 0.3 is 0 Å². The van der Waals surface area contributed by atoms with Crippen molar-refractivity contribution in [3.05, 3.63) is 42.1 Å². The third kappa shape index (κ3) is 3.31. The highest BCUT2D eigenvalue weighted by Gasteiger charge is 2.38. The van der Waals surface area contributed by atoms with Crippen LogP contribution in [-0.2, 0) is 6.54 Å². The van der Waals surface area contributed by atoms with Crippen LogP contribution in [0, 0.1) is 12.3 Å². The molecular weight excluding hydrogens is 300 g/mol. The zero-order chi connectivity index (χ0) is 16.4. The zero-order valence-corrected chi connectivity index (χ0v) is 14.4. The minimum Gasteiger partial charge on any atom is -0.465 e. The van der Waals surface area contributed by atoms with Gasteiger partial charge in [0.15, 0.2) is 0 Å². The van der Waals surface area contributed by atoms with E-state index in [-0.39, 0.29) is 0 Å². The Morgan fingerprint density at radius 1 is 1.00 bits per heavy atom. The summed E-state index contributed by atoms with van der Waals surface area (Å²) in [5, 5.41) is 0. The van der Waals surface area contributed by atoms with Crippen molar-refractivity contribution in [2.24, 2.45) is 5.41 Å². The van der Waals surface area contributed by atoms with Crippen LogP contribution in [0.3, 0.4) is 0 Å². The summed E-state index contributed by atoms with van der Waals surface area (Å²) in [4.78, 5) is 13.7. The number of anilines is 1. The van der Waals surface area contributed by atoms with Crippen molar-refractivity contribution < 1.29 is 4.42 Å². The topological polar surface area (TPSA) is 45.4 Å². The smallest absolute Gasteiger partial charge is 0.225 e. The van der Waals surface area contributed by atoms with Crippen LogP contribution < -0.4 is 4.90 Å². The molecule has 0 bridgehead atoms. The van der Waals surface area contributed by atoms with Gasteiger partial charge in [0.1, 0.15) is 11.5 Å². The van der Waals surface area contributed by atoms with Gasteiger partial charge in [-0.3, -0.25) is 4.90 Å². The number of likely N-dealkylation sites (tertiary alicyclic amines) is 1. The van der Waals surface area contributed by atoms with Gasteiger partial charge < -0.3 is 9.32 Å². The Labute approximate surface area is 143 Å². The van der Waals surface area contributed by atoms with Crippen LogP contribution in [-0.4, -0.2) is 41.0 Å². The first-order valence-electron chi connectivity index (χ1n) is 9.02. The van der Waals surface area contributed by atoms with Crippen LogP contribution in [0.2, 0.25) is 0 Å². The van der Waals surface area contributed by atoms with E-state index in [9.17, 15) is 0 Å². The summed E-state index contributed by atoms with van der Waals surface area (Å²) in [6.07, 6.45) is 8.80. The summed E-state index contributed by atoms with van der Waals surface area (Å²) in [7, 11) is 0. The zero-order valence-electron chi connectivity index (χ0n) is 14.4. The van der Waals surface area contributed by atoms with Gasteiger partial charge in [0.25, 0.3) is 0 Å². The highest BCUT2D eigenvalue weighted by atomic mass is 16.3. The molecule has 4 rings (SSSR count). The molecule has 2 aromatic heterocycles. The summed E-state index contributed by atoms with van der Waals surface area (Å²) in [6, 6.07) is 6.05. The monoisotopic (exact) mass is 326 g/mol. The van der Waals surface area contributed by atoms with Crippen LogP contribution in [0.25, 0.3) is 0 Å². The number of rotatable bonds is 3. The Morgan fingerprint density at radius 3 is 2.29 bits per heavy atom. The fourth-order valence-corrected chi connectivity index (χ4v) is 4.11. The van der Waals surface area contributed by atoms with E-state index >= 15 is 0 Å². The molecule has 0 radical (unpaired) electrons. The maximum Gasteiger partial charge on any atom is 0.225 e. The van der Waals surface area contributed by atoms with Crippen molar-refractivity contribution in [3.63, 3.8) is 0 Å². The average Bonchev–Trinajstić information content (AvgIpc) is 3.04. The first-order chi connectivity index (χ1) is 11.7. The van der Waals surface area contributed by atoms with Crippen LogP contribution in [0.1, 0.15) is 37.2 Å². The van der Waals surface area contributed by atoms with Gasteiger partial charge in [-0.1, -0.05) is 0 Å². The Bertz CT molecular complexity index is 651. The average molecular weight is 326 g/mol. The van der Waals surface area contributed by atoms with Crippen molar-refractivity contribution >= 4 is 5.95 Å². The SMILES string of the molecule is Cc1ccc(CN2CCC3(CC2)CCN(c2ncccn2)CC3)o1. The number of aromatic nitrogens is 2.